The van der Waals surface area contributed by atoms with Crippen LogP contribution in [-0.2, 0) is 13.1 Å². The van der Waals surface area contributed by atoms with Crippen LogP contribution in [0.25, 0.3) is 11.0 Å². The highest BCUT2D eigenvalue weighted by Crippen LogP contribution is 2.39. The SMILES string of the molecule is COc1cccc2c1Oc1ccc(F)cc1CN(C(=O)c1cc3ccccc3o1)C2. The zero-order valence-electron chi connectivity index (χ0n) is 16.2. The fourth-order valence-corrected chi connectivity index (χ4v) is 3.70. The summed E-state index contributed by atoms with van der Waals surface area (Å²) in [5.74, 6) is 1.09. The molecule has 0 saturated carbocycles. The summed E-state index contributed by atoms with van der Waals surface area (Å²) in [6.07, 6.45) is 0. The predicted octanol–water partition coefficient (Wildman–Crippen LogP) is 5.53. The quantitative estimate of drug-likeness (QED) is 0.442. The number of carbonyl (C=O) groups excluding carboxylic acids is 1. The first-order valence-electron chi connectivity index (χ1n) is 9.52. The van der Waals surface area contributed by atoms with E-state index in [4.69, 9.17) is 13.9 Å². The van der Waals surface area contributed by atoms with Crippen molar-refractivity contribution < 1.29 is 23.1 Å². The molecular formula is C24H18FNO4. The Bertz CT molecular complexity index is 1230. The van der Waals surface area contributed by atoms with Crippen LogP contribution in [0.5, 0.6) is 17.2 Å². The van der Waals surface area contributed by atoms with Crippen LogP contribution in [0.2, 0.25) is 0 Å². The molecule has 0 bridgehead atoms. The topological polar surface area (TPSA) is 51.9 Å². The van der Waals surface area contributed by atoms with E-state index in [9.17, 15) is 9.18 Å². The van der Waals surface area contributed by atoms with Crippen molar-refractivity contribution >= 4 is 16.9 Å². The minimum absolute atomic E-state index is 0.180. The second-order valence-corrected chi connectivity index (χ2v) is 7.11. The Morgan fingerprint density at radius 2 is 1.83 bits per heavy atom. The molecule has 0 aliphatic carbocycles. The highest BCUT2D eigenvalue weighted by atomic mass is 19.1. The van der Waals surface area contributed by atoms with Gasteiger partial charge in [0.1, 0.15) is 17.1 Å². The number of ether oxygens (including phenoxy) is 2. The molecule has 0 saturated heterocycles. The summed E-state index contributed by atoms with van der Waals surface area (Å²) in [7, 11) is 1.56. The lowest BCUT2D eigenvalue weighted by atomic mass is 10.1. The number of fused-ring (bicyclic) bond motifs is 3. The number of para-hydroxylation sites is 2. The fourth-order valence-electron chi connectivity index (χ4n) is 3.70. The first kappa shape index (κ1) is 18.2. The van der Waals surface area contributed by atoms with Gasteiger partial charge in [0.05, 0.1) is 20.2 Å². The molecule has 1 aliphatic rings. The molecule has 3 aromatic carbocycles. The Kier molecular flexibility index (Phi) is 4.39. The summed E-state index contributed by atoms with van der Waals surface area (Å²) < 4.78 is 31.3. The van der Waals surface area contributed by atoms with Gasteiger partial charge in [0.15, 0.2) is 17.3 Å². The van der Waals surface area contributed by atoms with Gasteiger partial charge in [0.2, 0.25) is 0 Å². The van der Waals surface area contributed by atoms with Crippen LogP contribution in [0.3, 0.4) is 0 Å². The van der Waals surface area contributed by atoms with E-state index in [1.807, 2.05) is 36.4 Å². The van der Waals surface area contributed by atoms with Gasteiger partial charge < -0.3 is 18.8 Å². The minimum atomic E-state index is -0.394. The van der Waals surface area contributed by atoms with E-state index in [0.29, 0.717) is 28.4 Å². The van der Waals surface area contributed by atoms with E-state index in [0.717, 1.165) is 10.9 Å². The van der Waals surface area contributed by atoms with Gasteiger partial charge in [-0.3, -0.25) is 4.79 Å². The van der Waals surface area contributed by atoms with Gasteiger partial charge in [0.25, 0.3) is 5.91 Å². The van der Waals surface area contributed by atoms with Gasteiger partial charge in [0, 0.05) is 16.5 Å². The van der Waals surface area contributed by atoms with Crippen LogP contribution >= 0.6 is 0 Å². The van der Waals surface area contributed by atoms with Crippen LogP contribution in [0.1, 0.15) is 21.7 Å². The Morgan fingerprint density at radius 1 is 1.00 bits per heavy atom. The molecule has 1 aliphatic heterocycles. The van der Waals surface area contributed by atoms with E-state index < -0.39 is 5.82 Å². The molecule has 5 nitrogen and oxygen atoms in total. The number of methoxy groups -OCH3 is 1. The number of benzene rings is 3. The molecule has 0 unspecified atom stereocenters. The Morgan fingerprint density at radius 3 is 2.67 bits per heavy atom. The summed E-state index contributed by atoms with van der Waals surface area (Å²) in [5, 5.41) is 0.852. The summed E-state index contributed by atoms with van der Waals surface area (Å²) in [5.41, 5.74) is 1.99. The molecule has 1 aromatic heterocycles. The lowest BCUT2D eigenvalue weighted by Gasteiger charge is -2.28. The van der Waals surface area contributed by atoms with Crippen LogP contribution in [0, 0.1) is 5.82 Å². The standard InChI is InChI=1S/C24H18FNO4/c1-28-21-8-4-6-16-13-26(14-17-11-18(25)9-10-20(17)30-23(16)21)24(27)22-12-15-5-2-3-7-19(15)29-22/h2-12H,13-14H2,1H3. The molecule has 30 heavy (non-hydrogen) atoms. The predicted molar refractivity (Wildman–Crippen MR) is 109 cm³/mol. The van der Waals surface area contributed by atoms with Crippen molar-refractivity contribution in [3.8, 4) is 17.2 Å². The average Bonchev–Trinajstić information content (AvgIpc) is 3.18. The number of amides is 1. The van der Waals surface area contributed by atoms with E-state index in [1.54, 1.807) is 30.2 Å². The zero-order valence-corrected chi connectivity index (χ0v) is 16.2. The highest BCUT2D eigenvalue weighted by Gasteiger charge is 2.27. The Balaban J connectivity index is 1.61. The zero-order chi connectivity index (χ0) is 20.7. The van der Waals surface area contributed by atoms with Gasteiger partial charge in [-0.2, -0.15) is 0 Å². The first-order valence-corrected chi connectivity index (χ1v) is 9.52. The molecule has 1 amide bonds. The smallest absolute Gasteiger partial charge is 0.290 e. The summed E-state index contributed by atoms with van der Waals surface area (Å²) >= 11 is 0. The molecule has 0 fully saturated rings. The lowest BCUT2D eigenvalue weighted by Crippen LogP contribution is -2.31. The van der Waals surface area contributed by atoms with Crippen molar-refractivity contribution in [3.05, 3.63) is 89.4 Å². The third kappa shape index (κ3) is 3.16. The molecule has 2 heterocycles. The van der Waals surface area contributed by atoms with Crippen molar-refractivity contribution in [2.45, 2.75) is 13.1 Å². The van der Waals surface area contributed by atoms with Crippen molar-refractivity contribution in [2.75, 3.05) is 7.11 Å². The number of furan rings is 1. The minimum Gasteiger partial charge on any atom is -0.493 e. The highest BCUT2D eigenvalue weighted by molar-refractivity contribution is 5.96. The van der Waals surface area contributed by atoms with Gasteiger partial charge >= 0.3 is 0 Å². The first-order chi connectivity index (χ1) is 14.6. The van der Waals surface area contributed by atoms with Crippen LogP contribution in [0.4, 0.5) is 4.39 Å². The molecule has 6 heteroatoms. The molecule has 0 radical (unpaired) electrons. The van der Waals surface area contributed by atoms with Gasteiger partial charge in [-0.05, 0) is 36.4 Å². The van der Waals surface area contributed by atoms with Crippen molar-refractivity contribution in [1.82, 2.24) is 4.90 Å². The average molecular weight is 403 g/mol. The summed E-state index contributed by atoms with van der Waals surface area (Å²) in [4.78, 5) is 15.0. The number of carbonyl (C=O) groups is 1. The molecule has 0 spiro atoms. The molecule has 150 valence electrons. The number of nitrogens with zero attached hydrogens (tertiary/aromatic N) is 1. The number of hydrogen-bond donors (Lipinski definition) is 0. The monoisotopic (exact) mass is 403 g/mol. The van der Waals surface area contributed by atoms with E-state index in [-0.39, 0.29) is 24.8 Å². The lowest BCUT2D eigenvalue weighted by molar-refractivity contribution is 0.0694. The van der Waals surface area contributed by atoms with E-state index in [2.05, 4.69) is 0 Å². The molecule has 5 rings (SSSR count). The number of halogens is 1. The number of hydrogen-bond acceptors (Lipinski definition) is 4. The summed E-state index contributed by atoms with van der Waals surface area (Å²) in [6.45, 7) is 0.442. The second kappa shape index (κ2) is 7.22. The van der Waals surface area contributed by atoms with Gasteiger partial charge in [-0.15, -0.1) is 0 Å². The van der Waals surface area contributed by atoms with Crippen LogP contribution in [-0.4, -0.2) is 17.9 Å². The number of rotatable bonds is 2. The Labute approximate surface area is 172 Å². The molecule has 0 N–H and O–H groups in total. The van der Waals surface area contributed by atoms with Crippen molar-refractivity contribution in [3.63, 3.8) is 0 Å². The van der Waals surface area contributed by atoms with Crippen LogP contribution < -0.4 is 9.47 Å². The van der Waals surface area contributed by atoms with Gasteiger partial charge in [-0.1, -0.05) is 30.3 Å². The van der Waals surface area contributed by atoms with Crippen LogP contribution in [0.15, 0.2) is 71.1 Å². The normalized spacial score (nSPS) is 13.1. The van der Waals surface area contributed by atoms with Gasteiger partial charge in [-0.25, -0.2) is 4.39 Å². The van der Waals surface area contributed by atoms with Crippen molar-refractivity contribution in [1.29, 1.82) is 0 Å². The Hall–Kier alpha value is -3.80. The van der Waals surface area contributed by atoms with E-state index in [1.165, 1.54) is 12.1 Å². The molecular weight excluding hydrogens is 385 g/mol. The van der Waals surface area contributed by atoms with E-state index >= 15 is 0 Å². The summed E-state index contributed by atoms with van der Waals surface area (Å²) in [6, 6.07) is 19.0. The second-order valence-electron chi connectivity index (χ2n) is 7.11. The molecule has 4 aromatic rings. The maximum Gasteiger partial charge on any atom is 0.290 e. The third-order valence-electron chi connectivity index (χ3n) is 5.16. The van der Waals surface area contributed by atoms with Crippen molar-refractivity contribution in [2.24, 2.45) is 0 Å². The maximum absolute atomic E-state index is 14.0. The fraction of sp³-hybridized carbons (Fsp3) is 0.125. The maximum atomic E-state index is 14.0. The third-order valence-corrected chi connectivity index (χ3v) is 5.16. The largest absolute Gasteiger partial charge is 0.493 e. The molecule has 0 atom stereocenters.